The third kappa shape index (κ3) is 55.6. The molecule has 0 aromatic carbocycles. The van der Waals surface area contributed by atoms with Gasteiger partial charge in [0.25, 0.3) is 0 Å². The molecule has 0 aliphatic rings. The molecule has 0 aromatic heterocycles. The zero-order chi connectivity index (χ0) is 50.0. The molecule has 0 aliphatic heterocycles. The molecule has 0 heterocycles. The third-order valence-corrected chi connectivity index (χ3v) is 12.8. The van der Waals surface area contributed by atoms with Gasteiger partial charge in [-0.2, -0.15) is 0 Å². The number of carbonyl (C=O) groups is 3. The van der Waals surface area contributed by atoms with E-state index in [1.54, 1.807) is 0 Å². The van der Waals surface area contributed by atoms with E-state index in [9.17, 15) is 14.4 Å². The fourth-order valence-electron chi connectivity index (χ4n) is 8.33. The second-order valence-corrected chi connectivity index (χ2v) is 19.6. The van der Waals surface area contributed by atoms with Gasteiger partial charge in [-0.05, 0) is 89.9 Å². The van der Waals surface area contributed by atoms with E-state index in [1.807, 2.05) is 18.2 Å². The third-order valence-electron chi connectivity index (χ3n) is 12.8. The van der Waals surface area contributed by atoms with Crippen molar-refractivity contribution < 1.29 is 28.6 Å². The highest BCUT2D eigenvalue weighted by Crippen LogP contribution is 2.15. The summed E-state index contributed by atoms with van der Waals surface area (Å²) in [6.45, 7) is 6.49. The van der Waals surface area contributed by atoms with Gasteiger partial charge in [0.2, 0.25) is 0 Å². The number of carbonyl (C=O) groups excluding carboxylic acids is 3. The van der Waals surface area contributed by atoms with Gasteiger partial charge in [-0.15, -0.1) is 0 Å². The van der Waals surface area contributed by atoms with E-state index >= 15 is 0 Å². The van der Waals surface area contributed by atoms with Crippen molar-refractivity contribution in [2.45, 2.75) is 297 Å². The first-order chi connectivity index (χ1) is 34.0. The van der Waals surface area contributed by atoms with Crippen molar-refractivity contribution in [2.24, 2.45) is 0 Å². The van der Waals surface area contributed by atoms with Crippen molar-refractivity contribution in [3.63, 3.8) is 0 Å². The molecule has 1 unspecified atom stereocenters. The topological polar surface area (TPSA) is 78.9 Å². The molecule has 0 aliphatic carbocycles. The van der Waals surface area contributed by atoms with Gasteiger partial charge in [0.1, 0.15) is 13.2 Å². The smallest absolute Gasteiger partial charge is 0.306 e. The summed E-state index contributed by atoms with van der Waals surface area (Å²) >= 11 is 0. The van der Waals surface area contributed by atoms with E-state index in [4.69, 9.17) is 14.2 Å². The Morgan fingerprint density at radius 1 is 0.304 bits per heavy atom. The van der Waals surface area contributed by atoms with Crippen LogP contribution in [0.2, 0.25) is 0 Å². The lowest BCUT2D eigenvalue weighted by molar-refractivity contribution is -0.167. The van der Waals surface area contributed by atoms with Crippen molar-refractivity contribution in [3.8, 4) is 0 Å². The van der Waals surface area contributed by atoms with Gasteiger partial charge in [-0.1, -0.05) is 254 Å². The van der Waals surface area contributed by atoms with Gasteiger partial charge in [-0.25, -0.2) is 0 Å². The summed E-state index contributed by atoms with van der Waals surface area (Å²) in [5, 5.41) is 0. The summed E-state index contributed by atoms with van der Waals surface area (Å²) in [6, 6.07) is 0. The Morgan fingerprint density at radius 3 is 0.928 bits per heavy atom. The van der Waals surface area contributed by atoms with E-state index in [1.165, 1.54) is 148 Å². The Balaban J connectivity index is 4.42. The van der Waals surface area contributed by atoms with Crippen LogP contribution >= 0.6 is 0 Å². The normalized spacial score (nSPS) is 12.6. The van der Waals surface area contributed by atoms with Crippen molar-refractivity contribution in [1.82, 2.24) is 0 Å². The van der Waals surface area contributed by atoms with Gasteiger partial charge in [-0.3, -0.25) is 14.4 Å². The highest BCUT2D eigenvalue weighted by Gasteiger charge is 2.19. The molecule has 398 valence electrons. The van der Waals surface area contributed by atoms with Crippen molar-refractivity contribution in [3.05, 3.63) is 72.9 Å². The molecule has 0 bridgehead atoms. The van der Waals surface area contributed by atoms with Crippen LogP contribution in [-0.4, -0.2) is 37.2 Å². The first kappa shape index (κ1) is 65.8. The predicted octanol–water partition coefficient (Wildman–Crippen LogP) is 19.8. The minimum absolute atomic E-state index is 0.0902. The Hall–Kier alpha value is -3.15. The van der Waals surface area contributed by atoms with Crippen LogP contribution in [0.4, 0.5) is 0 Å². The number of unbranched alkanes of at least 4 members (excludes halogenated alkanes) is 33. The lowest BCUT2D eigenvalue weighted by Crippen LogP contribution is -2.30. The van der Waals surface area contributed by atoms with Crippen LogP contribution in [0.1, 0.15) is 290 Å². The average molecular weight is 964 g/mol. The lowest BCUT2D eigenvalue weighted by atomic mass is 10.1. The molecule has 0 aromatic rings. The van der Waals surface area contributed by atoms with Gasteiger partial charge in [0.05, 0.1) is 0 Å². The minimum Gasteiger partial charge on any atom is -0.462 e. The molecule has 6 nitrogen and oxygen atoms in total. The Labute approximate surface area is 427 Å². The first-order valence-corrected chi connectivity index (χ1v) is 29.5. The Kier molecular flexibility index (Phi) is 54.8. The van der Waals surface area contributed by atoms with Gasteiger partial charge >= 0.3 is 17.9 Å². The van der Waals surface area contributed by atoms with E-state index in [2.05, 4.69) is 75.5 Å². The summed E-state index contributed by atoms with van der Waals surface area (Å²) in [7, 11) is 0. The van der Waals surface area contributed by atoms with Crippen molar-refractivity contribution in [1.29, 1.82) is 0 Å². The maximum atomic E-state index is 12.9. The molecular formula is C63H110O6. The van der Waals surface area contributed by atoms with E-state index < -0.39 is 6.10 Å². The molecule has 0 amide bonds. The molecule has 0 saturated carbocycles. The van der Waals surface area contributed by atoms with Crippen LogP contribution in [0, 0.1) is 0 Å². The Morgan fingerprint density at radius 2 is 0.580 bits per heavy atom. The van der Waals surface area contributed by atoms with Crippen molar-refractivity contribution >= 4 is 17.9 Å². The van der Waals surface area contributed by atoms with Crippen molar-refractivity contribution in [2.75, 3.05) is 13.2 Å². The SMILES string of the molecule is CC\C=C/C=C\C=C/C=C\CCCCCCCC(=O)OCC(COC(=O)CCCCCCC/C=C\CCCCCCCCCCC)OC(=O)CCCCCCC/C=C\CCCCCCCCCCC. The predicted molar refractivity (Wildman–Crippen MR) is 298 cm³/mol. The summed E-state index contributed by atoms with van der Waals surface area (Å²) in [5.74, 6) is -0.920. The van der Waals surface area contributed by atoms with E-state index in [0.717, 1.165) is 103 Å². The monoisotopic (exact) mass is 963 g/mol. The van der Waals surface area contributed by atoms with Crippen LogP contribution in [0.15, 0.2) is 72.9 Å². The number of ether oxygens (including phenoxy) is 3. The average Bonchev–Trinajstić information content (AvgIpc) is 3.35. The summed E-state index contributed by atoms with van der Waals surface area (Å²) in [6.07, 6.45) is 73.2. The number of hydrogen-bond acceptors (Lipinski definition) is 6. The standard InChI is InChI=1S/C63H110O6/c1-4-7-10-13-16-19-22-25-28-30-32-35-38-41-44-47-50-53-56-62(65)68-59-60(58-67-61(64)55-52-49-46-43-40-37-34-27-24-21-18-15-12-9-6-3)69-63(66)57-54-51-48-45-42-39-36-33-31-29-26-23-20-17-14-11-8-5-2/h9,12,15,18,21,24,27,32-36,60H,4-8,10-11,13-14,16-17,19-20,22-23,25-26,28-31,37-59H2,1-3H3/b12-9-,18-15-,24-21-,34-27-,35-32-,36-33-. The fraction of sp³-hybridized carbons (Fsp3) is 0.762. The molecule has 0 rings (SSSR count). The summed E-state index contributed by atoms with van der Waals surface area (Å²) in [5.41, 5.74) is 0. The molecule has 69 heavy (non-hydrogen) atoms. The van der Waals surface area contributed by atoms with Crippen LogP contribution in [0.25, 0.3) is 0 Å². The first-order valence-electron chi connectivity index (χ1n) is 29.5. The molecule has 0 fully saturated rings. The van der Waals surface area contributed by atoms with Crippen LogP contribution in [-0.2, 0) is 28.6 Å². The number of esters is 3. The maximum Gasteiger partial charge on any atom is 0.306 e. The summed E-state index contributed by atoms with van der Waals surface area (Å²) in [4.78, 5) is 38.2. The van der Waals surface area contributed by atoms with Gasteiger partial charge < -0.3 is 14.2 Å². The van der Waals surface area contributed by atoms with E-state index in [-0.39, 0.29) is 31.1 Å². The van der Waals surface area contributed by atoms with Crippen LogP contribution in [0.3, 0.4) is 0 Å². The highest BCUT2D eigenvalue weighted by atomic mass is 16.6. The molecular weight excluding hydrogens is 853 g/mol. The number of rotatable bonds is 53. The van der Waals surface area contributed by atoms with E-state index in [0.29, 0.717) is 19.3 Å². The molecule has 0 spiro atoms. The zero-order valence-corrected chi connectivity index (χ0v) is 45.6. The van der Waals surface area contributed by atoms with Crippen LogP contribution < -0.4 is 0 Å². The zero-order valence-electron chi connectivity index (χ0n) is 45.6. The largest absolute Gasteiger partial charge is 0.462 e. The fourth-order valence-corrected chi connectivity index (χ4v) is 8.33. The number of hydrogen-bond donors (Lipinski definition) is 0. The van der Waals surface area contributed by atoms with Crippen LogP contribution in [0.5, 0.6) is 0 Å². The molecule has 0 N–H and O–H groups in total. The van der Waals surface area contributed by atoms with Gasteiger partial charge in [0.15, 0.2) is 6.10 Å². The lowest BCUT2D eigenvalue weighted by Gasteiger charge is -2.18. The molecule has 0 radical (unpaired) electrons. The maximum absolute atomic E-state index is 12.9. The Bertz CT molecular complexity index is 1290. The summed E-state index contributed by atoms with van der Waals surface area (Å²) < 4.78 is 16.9. The number of allylic oxidation sites excluding steroid dienone is 12. The molecule has 6 heteroatoms. The quantitative estimate of drug-likeness (QED) is 0.0199. The second kappa shape index (κ2) is 57.4. The van der Waals surface area contributed by atoms with Gasteiger partial charge in [0, 0.05) is 19.3 Å². The molecule has 0 saturated heterocycles. The second-order valence-electron chi connectivity index (χ2n) is 19.6. The highest BCUT2D eigenvalue weighted by molar-refractivity contribution is 5.71. The molecule has 1 atom stereocenters. The minimum atomic E-state index is -0.794.